The summed E-state index contributed by atoms with van der Waals surface area (Å²) in [6, 6.07) is -0.0362. The van der Waals surface area contributed by atoms with Crippen molar-refractivity contribution in [3.63, 3.8) is 0 Å². The summed E-state index contributed by atoms with van der Waals surface area (Å²) in [5.41, 5.74) is 1.07. The van der Waals surface area contributed by atoms with Crippen molar-refractivity contribution in [2.45, 2.75) is 12.8 Å². The van der Waals surface area contributed by atoms with E-state index in [0.29, 0.717) is 6.20 Å². The van der Waals surface area contributed by atoms with Crippen molar-refractivity contribution in [2.75, 3.05) is 14.1 Å². The summed E-state index contributed by atoms with van der Waals surface area (Å²) in [6.45, 7) is -0.291. The van der Waals surface area contributed by atoms with Crippen molar-refractivity contribution in [2.24, 2.45) is 4.99 Å². The number of hydroxylamine groups is 1. The number of nitrogens with one attached hydrogen (secondary N) is 1. The number of carbonyl (C=O) groups is 1. The highest BCUT2D eigenvalue weighted by molar-refractivity contribution is 6.31. The van der Waals surface area contributed by atoms with Crippen LogP contribution in [0.4, 0.5) is 18.0 Å². The standard InChI is InChI=1S/C11H12ClF3N4O2/c1-19(2)6-17-10(20)18-21-5-9-8(12)3-7(4-16-9)11(13,14)15/h3-4,6H,5H2,1-2H3,(H,18,20)/b17-6+. The van der Waals surface area contributed by atoms with Gasteiger partial charge in [-0.2, -0.15) is 18.2 Å². The topological polar surface area (TPSA) is 66.8 Å². The highest BCUT2D eigenvalue weighted by Gasteiger charge is 2.31. The van der Waals surface area contributed by atoms with Crippen molar-refractivity contribution >= 4 is 24.0 Å². The van der Waals surface area contributed by atoms with Gasteiger partial charge in [0.25, 0.3) is 0 Å². The molecular weight excluding hydrogens is 313 g/mol. The molecule has 0 saturated heterocycles. The number of hydrogen-bond acceptors (Lipinski definition) is 3. The molecule has 1 aromatic heterocycles. The Bertz CT molecular complexity index is 535. The molecule has 116 valence electrons. The maximum Gasteiger partial charge on any atom is 0.417 e. The van der Waals surface area contributed by atoms with Gasteiger partial charge in [-0.3, -0.25) is 9.82 Å². The fourth-order valence-electron chi connectivity index (χ4n) is 1.09. The lowest BCUT2D eigenvalue weighted by Crippen LogP contribution is -2.22. The van der Waals surface area contributed by atoms with Crippen LogP contribution in [0.5, 0.6) is 0 Å². The van der Waals surface area contributed by atoms with Gasteiger partial charge in [-0.25, -0.2) is 10.3 Å². The minimum atomic E-state index is -4.52. The van der Waals surface area contributed by atoms with Crippen LogP contribution < -0.4 is 5.48 Å². The third-order valence-corrected chi connectivity index (χ3v) is 2.35. The molecule has 0 spiro atoms. The van der Waals surface area contributed by atoms with E-state index in [9.17, 15) is 18.0 Å². The van der Waals surface area contributed by atoms with E-state index in [-0.39, 0.29) is 17.3 Å². The fourth-order valence-corrected chi connectivity index (χ4v) is 1.31. The van der Waals surface area contributed by atoms with Crippen LogP contribution in [0.1, 0.15) is 11.3 Å². The summed E-state index contributed by atoms with van der Waals surface area (Å²) in [6.07, 6.45) is -2.64. The minimum absolute atomic E-state index is 0.0570. The second kappa shape index (κ2) is 7.23. The van der Waals surface area contributed by atoms with Crippen molar-refractivity contribution in [1.82, 2.24) is 15.4 Å². The van der Waals surface area contributed by atoms with E-state index in [1.54, 1.807) is 14.1 Å². The van der Waals surface area contributed by atoms with Gasteiger partial charge in [0, 0.05) is 20.3 Å². The summed E-state index contributed by atoms with van der Waals surface area (Å²) >= 11 is 5.66. The van der Waals surface area contributed by atoms with Crippen LogP contribution in [-0.2, 0) is 17.6 Å². The number of alkyl halides is 3. The van der Waals surface area contributed by atoms with Crippen molar-refractivity contribution in [3.05, 3.63) is 28.5 Å². The van der Waals surface area contributed by atoms with Gasteiger partial charge in [-0.1, -0.05) is 11.6 Å². The Morgan fingerprint density at radius 1 is 1.57 bits per heavy atom. The SMILES string of the molecule is CN(C)/C=N/C(=O)NOCc1ncc(C(F)(F)F)cc1Cl. The average Bonchev–Trinajstić information content (AvgIpc) is 2.37. The Morgan fingerprint density at radius 3 is 2.76 bits per heavy atom. The van der Waals surface area contributed by atoms with Crippen LogP contribution in [0.15, 0.2) is 17.3 Å². The van der Waals surface area contributed by atoms with Crippen molar-refractivity contribution in [1.29, 1.82) is 0 Å². The minimum Gasteiger partial charge on any atom is -0.369 e. The van der Waals surface area contributed by atoms with Crippen molar-refractivity contribution < 1.29 is 22.8 Å². The zero-order valence-corrected chi connectivity index (χ0v) is 11.9. The van der Waals surface area contributed by atoms with Gasteiger partial charge in [-0.15, -0.1) is 0 Å². The Labute approximate surface area is 123 Å². The monoisotopic (exact) mass is 324 g/mol. The first-order chi connectivity index (χ1) is 9.70. The maximum absolute atomic E-state index is 12.4. The van der Waals surface area contributed by atoms with E-state index < -0.39 is 17.8 Å². The molecule has 0 fully saturated rings. The largest absolute Gasteiger partial charge is 0.417 e. The van der Waals surface area contributed by atoms with Gasteiger partial charge in [-0.05, 0) is 6.07 Å². The normalized spacial score (nSPS) is 11.7. The number of carbonyl (C=O) groups excluding carboxylic acids is 1. The maximum atomic E-state index is 12.4. The van der Waals surface area contributed by atoms with Crippen LogP contribution in [0.25, 0.3) is 0 Å². The summed E-state index contributed by atoms with van der Waals surface area (Å²) < 4.78 is 37.2. The number of nitrogens with zero attached hydrogens (tertiary/aromatic N) is 3. The molecule has 1 rings (SSSR count). The number of halogens is 4. The molecule has 0 unspecified atom stereocenters. The van der Waals surface area contributed by atoms with Gasteiger partial charge in [0.05, 0.1) is 22.6 Å². The highest BCUT2D eigenvalue weighted by atomic mass is 35.5. The van der Waals surface area contributed by atoms with Crippen LogP contribution in [0, 0.1) is 0 Å². The number of hydrogen-bond donors (Lipinski definition) is 1. The van der Waals surface area contributed by atoms with Gasteiger partial charge < -0.3 is 4.90 Å². The summed E-state index contributed by atoms with van der Waals surface area (Å²) in [7, 11) is 3.34. The van der Waals surface area contributed by atoms with Crippen LogP contribution in [0.2, 0.25) is 5.02 Å². The lowest BCUT2D eigenvalue weighted by atomic mass is 10.2. The Hall–Kier alpha value is -1.87. The van der Waals surface area contributed by atoms with Gasteiger partial charge in [0.2, 0.25) is 0 Å². The molecule has 0 aliphatic carbocycles. The number of amides is 2. The molecule has 0 saturated carbocycles. The van der Waals surface area contributed by atoms with E-state index in [1.807, 2.05) is 5.48 Å². The summed E-state index contributed by atoms with van der Waals surface area (Å²) in [5.74, 6) is 0. The molecule has 0 aromatic carbocycles. The molecule has 0 aliphatic rings. The van der Waals surface area contributed by atoms with E-state index in [4.69, 9.17) is 16.4 Å². The Kier molecular flexibility index (Phi) is 5.91. The molecule has 2 amide bonds. The molecule has 1 heterocycles. The van der Waals surface area contributed by atoms with Crippen molar-refractivity contribution in [3.8, 4) is 0 Å². The average molecular weight is 325 g/mol. The smallest absolute Gasteiger partial charge is 0.369 e. The number of aliphatic imine (C=N–C) groups is 1. The third-order valence-electron chi connectivity index (χ3n) is 2.02. The zero-order chi connectivity index (χ0) is 16.0. The molecule has 1 aromatic rings. The molecule has 0 radical (unpaired) electrons. The number of aromatic nitrogens is 1. The Balaban J connectivity index is 2.55. The van der Waals surface area contributed by atoms with Crippen LogP contribution in [0.3, 0.4) is 0 Å². The number of urea groups is 1. The Morgan fingerprint density at radius 2 is 2.24 bits per heavy atom. The van der Waals surface area contributed by atoms with E-state index in [1.165, 1.54) is 11.2 Å². The molecular formula is C11H12ClF3N4O2. The van der Waals surface area contributed by atoms with Gasteiger partial charge in [0.1, 0.15) is 6.61 Å². The lowest BCUT2D eigenvalue weighted by Gasteiger charge is -2.09. The second-order valence-corrected chi connectivity index (χ2v) is 4.46. The van der Waals surface area contributed by atoms with Crippen LogP contribution >= 0.6 is 11.6 Å². The first-order valence-corrected chi connectivity index (χ1v) is 5.92. The predicted molar refractivity (Wildman–Crippen MR) is 69.7 cm³/mol. The van der Waals surface area contributed by atoms with Crippen LogP contribution in [-0.4, -0.2) is 36.3 Å². The lowest BCUT2D eigenvalue weighted by molar-refractivity contribution is -0.137. The summed E-state index contributed by atoms with van der Waals surface area (Å²) in [4.78, 5) is 24.4. The van der Waals surface area contributed by atoms with Gasteiger partial charge in [0.15, 0.2) is 0 Å². The molecule has 6 nitrogen and oxygen atoms in total. The molecule has 21 heavy (non-hydrogen) atoms. The fraction of sp³-hybridized carbons (Fsp3) is 0.364. The highest BCUT2D eigenvalue weighted by Crippen LogP contribution is 2.31. The number of rotatable bonds is 4. The molecule has 0 bridgehead atoms. The number of pyridine rings is 1. The predicted octanol–water partition coefficient (Wildman–Crippen LogP) is 2.48. The van der Waals surface area contributed by atoms with E-state index in [2.05, 4.69) is 9.98 Å². The molecule has 10 heteroatoms. The summed E-state index contributed by atoms with van der Waals surface area (Å²) in [5, 5.41) is -0.212. The zero-order valence-electron chi connectivity index (χ0n) is 11.1. The van der Waals surface area contributed by atoms with E-state index >= 15 is 0 Å². The molecule has 0 aliphatic heterocycles. The van der Waals surface area contributed by atoms with E-state index in [0.717, 1.165) is 6.07 Å². The first kappa shape index (κ1) is 17.2. The molecule has 1 N–H and O–H groups in total. The van der Waals surface area contributed by atoms with Gasteiger partial charge >= 0.3 is 12.2 Å². The quantitative estimate of drug-likeness (QED) is 0.525. The first-order valence-electron chi connectivity index (χ1n) is 5.54. The second-order valence-electron chi connectivity index (χ2n) is 4.05. The molecule has 0 atom stereocenters. The third kappa shape index (κ3) is 5.96.